The number of benzene rings is 2. The second-order valence-electron chi connectivity index (χ2n) is 6.36. The molecule has 1 unspecified atom stereocenters. The minimum absolute atomic E-state index is 0.00681. The van der Waals surface area contributed by atoms with E-state index in [1.165, 1.54) is 23.5 Å². The molecule has 2 aromatic carbocycles. The SMILES string of the molecule is COc1ccc(-c2cc(C(=O)NC(C)c3cccc([N+](=O)[O-])c3)sc2C)cc1. The van der Waals surface area contributed by atoms with Crippen molar-refractivity contribution in [2.24, 2.45) is 0 Å². The van der Waals surface area contributed by atoms with Crippen LogP contribution in [0.4, 0.5) is 5.69 Å². The van der Waals surface area contributed by atoms with Crippen LogP contribution >= 0.6 is 11.3 Å². The van der Waals surface area contributed by atoms with Gasteiger partial charge in [-0.15, -0.1) is 11.3 Å². The zero-order chi connectivity index (χ0) is 20.3. The number of hydrogen-bond acceptors (Lipinski definition) is 5. The van der Waals surface area contributed by atoms with Crippen LogP contribution in [0.1, 0.15) is 33.1 Å². The van der Waals surface area contributed by atoms with Crippen molar-refractivity contribution in [1.29, 1.82) is 0 Å². The number of carbonyl (C=O) groups is 1. The number of thiophene rings is 1. The van der Waals surface area contributed by atoms with E-state index in [9.17, 15) is 14.9 Å². The van der Waals surface area contributed by atoms with Crippen LogP contribution in [0, 0.1) is 17.0 Å². The number of hydrogen-bond donors (Lipinski definition) is 1. The standard InChI is InChI=1S/C21H20N2O4S/c1-13(16-5-4-6-17(11-16)23(25)26)22-21(24)20-12-19(14(2)28-20)15-7-9-18(27-3)10-8-15/h4-13H,1-3H3,(H,22,24). The molecule has 0 saturated heterocycles. The van der Waals surface area contributed by atoms with Gasteiger partial charge in [0, 0.05) is 17.0 Å². The third-order valence-corrected chi connectivity index (χ3v) is 5.52. The predicted octanol–water partition coefficient (Wildman–Crippen LogP) is 5.13. The van der Waals surface area contributed by atoms with Crippen LogP contribution in [0.25, 0.3) is 11.1 Å². The summed E-state index contributed by atoms with van der Waals surface area (Å²) in [4.78, 5) is 24.8. The molecular formula is C21H20N2O4S. The highest BCUT2D eigenvalue weighted by molar-refractivity contribution is 7.14. The molecule has 1 amide bonds. The van der Waals surface area contributed by atoms with E-state index in [0.29, 0.717) is 10.4 Å². The van der Waals surface area contributed by atoms with Crippen molar-refractivity contribution in [1.82, 2.24) is 5.32 Å². The Hall–Kier alpha value is -3.19. The molecular weight excluding hydrogens is 376 g/mol. The molecule has 1 heterocycles. The van der Waals surface area contributed by atoms with Crippen molar-refractivity contribution in [3.05, 3.63) is 80.0 Å². The number of rotatable bonds is 6. The summed E-state index contributed by atoms with van der Waals surface area (Å²) >= 11 is 1.42. The quantitative estimate of drug-likeness (QED) is 0.462. The average molecular weight is 396 g/mol. The summed E-state index contributed by atoms with van der Waals surface area (Å²) in [5.74, 6) is 0.576. The Bertz CT molecular complexity index is 1010. The van der Waals surface area contributed by atoms with Gasteiger partial charge in [0.05, 0.1) is 23.0 Å². The van der Waals surface area contributed by atoms with Crippen molar-refractivity contribution >= 4 is 22.9 Å². The van der Waals surface area contributed by atoms with Gasteiger partial charge in [-0.05, 0) is 48.7 Å². The minimum Gasteiger partial charge on any atom is -0.497 e. The zero-order valence-corrected chi connectivity index (χ0v) is 16.6. The minimum atomic E-state index is -0.443. The summed E-state index contributed by atoms with van der Waals surface area (Å²) in [6.45, 7) is 3.78. The smallest absolute Gasteiger partial charge is 0.269 e. The fraction of sp³-hybridized carbons (Fsp3) is 0.190. The second kappa shape index (κ2) is 8.22. The van der Waals surface area contributed by atoms with Crippen molar-refractivity contribution in [2.45, 2.75) is 19.9 Å². The number of ether oxygens (including phenoxy) is 1. The molecule has 3 rings (SSSR count). The molecule has 7 heteroatoms. The molecule has 0 aliphatic carbocycles. The number of nitro benzene ring substituents is 1. The number of nitrogens with zero attached hydrogens (tertiary/aromatic N) is 1. The molecule has 0 fully saturated rings. The largest absolute Gasteiger partial charge is 0.497 e. The highest BCUT2D eigenvalue weighted by atomic mass is 32.1. The first kappa shape index (κ1) is 19.6. The number of nitro groups is 1. The van der Waals surface area contributed by atoms with Gasteiger partial charge in [-0.2, -0.15) is 0 Å². The normalized spacial score (nSPS) is 11.7. The molecule has 0 aliphatic rings. The van der Waals surface area contributed by atoms with Crippen LogP contribution < -0.4 is 10.1 Å². The Morgan fingerprint density at radius 3 is 2.54 bits per heavy atom. The van der Waals surface area contributed by atoms with Gasteiger partial charge in [-0.25, -0.2) is 0 Å². The van der Waals surface area contributed by atoms with E-state index >= 15 is 0 Å². The zero-order valence-electron chi connectivity index (χ0n) is 15.8. The van der Waals surface area contributed by atoms with Crippen LogP contribution in [-0.2, 0) is 0 Å². The lowest BCUT2D eigenvalue weighted by atomic mass is 10.1. The average Bonchev–Trinajstić information content (AvgIpc) is 3.10. The van der Waals surface area contributed by atoms with E-state index in [2.05, 4.69) is 5.32 Å². The molecule has 6 nitrogen and oxygen atoms in total. The van der Waals surface area contributed by atoms with Crippen LogP contribution in [0.5, 0.6) is 5.75 Å². The highest BCUT2D eigenvalue weighted by Crippen LogP contribution is 2.32. The van der Waals surface area contributed by atoms with Crippen molar-refractivity contribution in [3.8, 4) is 16.9 Å². The van der Waals surface area contributed by atoms with Crippen molar-refractivity contribution < 1.29 is 14.5 Å². The lowest BCUT2D eigenvalue weighted by molar-refractivity contribution is -0.384. The number of amides is 1. The van der Waals surface area contributed by atoms with Gasteiger partial charge in [0.15, 0.2) is 0 Å². The number of nitrogens with one attached hydrogen (secondary N) is 1. The fourth-order valence-electron chi connectivity index (χ4n) is 2.91. The van der Waals surface area contributed by atoms with Crippen molar-refractivity contribution in [3.63, 3.8) is 0 Å². The van der Waals surface area contributed by atoms with E-state index in [1.807, 2.05) is 44.2 Å². The molecule has 28 heavy (non-hydrogen) atoms. The molecule has 0 bridgehead atoms. The van der Waals surface area contributed by atoms with Crippen LogP contribution in [-0.4, -0.2) is 17.9 Å². The first-order valence-electron chi connectivity index (χ1n) is 8.69. The second-order valence-corrected chi connectivity index (χ2v) is 7.61. The van der Waals surface area contributed by atoms with Crippen LogP contribution in [0.3, 0.4) is 0 Å². The summed E-state index contributed by atoms with van der Waals surface area (Å²) in [5, 5.41) is 13.9. The topological polar surface area (TPSA) is 81.5 Å². The Kier molecular flexibility index (Phi) is 5.75. The third kappa shape index (κ3) is 4.20. The number of non-ortho nitro benzene ring substituents is 1. The Balaban J connectivity index is 1.77. The molecule has 0 spiro atoms. The van der Waals surface area contributed by atoms with Crippen molar-refractivity contribution in [2.75, 3.05) is 7.11 Å². The molecule has 0 saturated carbocycles. The molecule has 1 atom stereocenters. The summed E-state index contributed by atoms with van der Waals surface area (Å²) < 4.78 is 5.18. The van der Waals surface area contributed by atoms with Gasteiger partial charge in [0.1, 0.15) is 5.75 Å². The summed E-state index contributed by atoms with van der Waals surface area (Å²) in [7, 11) is 1.62. The summed E-state index contributed by atoms with van der Waals surface area (Å²) in [5.41, 5.74) is 2.71. The van der Waals surface area contributed by atoms with Gasteiger partial charge in [-0.3, -0.25) is 14.9 Å². The predicted molar refractivity (Wildman–Crippen MR) is 110 cm³/mol. The van der Waals surface area contributed by atoms with E-state index in [4.69, 9.17) is 4.74 Å². The molecule has 3 aromatic rings. The van der Waals surface area contributed by atoms with E-state index in [1.54, 1.807) is 19.2 Å². The third-order valence-electron chi connectivity index (χ3n) is 4.47. The fourth-order valence-corrected chi connectivity index (χ4v) is 3.85. The van der Waals surface area contributed by atoms with Gasteiger partial charge in [0.25, 0.3) is 11.6 Å². The Morgan fingerprint density at radius 2 is 1.89 bits per heavy atom. The van der Waals surface area contributed by atoms with Gasteiger partial charge < -0.3 is 10.1 Å². The first-order chi connectivity index (χ1) is 13.4. The number of carbonyl (C=O) groups excluding carboxylic acids is 1. The summed E-state index contributed by atoms with van der Waals surface area (Å²) in [6.07, 6.45) is 0. The highest BCUT2D eigenvalue weighted by Gasteiger charge is 2.17. The van der Waals surface area contributed by atoms with E-state index in [-0.39, 0.29) is 17.6 Å². The number of aryl methyl sites for hydroxylation is 1. The molecule has 144 valence electrons. The van der Waals surface area contributed by atoms with Gasteiger partial charge >= 0.3 is 0 Å². The lowest BCUT2D eigenvalue weighted by Gasteiger charge is -2.13. The van der Waals surface area contributed by atoms with Gasteiger partial charge in [-0.1, -0.05) is 24.3 Å². The molecule has 0 radical (unpaired) electrons. The molecule has 0 aliphatic heterocycles. The van der Waals surface area contributed by atoms with Crippen LogP contribution in [0.2, 0.25) is 0 Å². The molecule has 1 N–H and O–H groups in total. The van der Waals surface area contributed by atoms with Crippen LogP contribution in [0.15, 0.2) is 54.6 Å². The maximum absolute atomic E-state index is 12.7. The molecule has 1 aromatic heterocycles. The summed E-state index contributed by atoms with van der Waals surface area (Å²) in [6, 6.07) is 15.5. The van der Waals surface area contributed by atoms with E-state index < -0.39 is 4.92 Å². The van der Waals surface area contributed by atoms with Gasteiger partial charge in [0.2, 0.25) is 0 Å². The van der Waals surface area contributed by atoms with E-state index in [0.717, 1.165) is 21.8 Å². The monoisotopic (exact) mass is 396 g/mol. The maximum Gasteiger partial charge on any atom is 0.269 e. The first-order valence-corrected chi connectivity index (χ1v) is 9.50. The Morgan fingerprint density at radius 1 is 1.18 bits per heavy atom. The maximum atomic E-state index is 12.7. The Labute approximate surface area is 166 Å². The number of methoxy groups -OCH3 is 1. The lowest BCUT2D eigenvalue weighted by Crippen LogP contribution is -2.25.